The number of amides is 1. The largest absolute Gasteiger partial charge is 0.387 e. The first-order valence-corrected chi connectivity index (χ1v) is 11.6. The van der Waals surface area contributed by atoms with E-state index >= 15 is 0 Å². The number of oxime groups is 1. The van der Waals surface area contributed by atoms with Crippen LogP contribution in [0.2, 0.25) is 0 Å². The molecule has 1 aromatic heterocycles. The van der Waals surface area contributed by atoms with Gasteiger partial charge in [-0.2, -0.15) is 4.31 Å². The van der Waals surface area contributed by atoms with Crippen LogP contribution in [0.15, 0.2) is 26.9 Å². The van der Waals surface area contributed by atoms with Crippen molar-refractivity contribution in [3.63, 3.8) is 0 Å². The Morgan fingerprint density at radius 2 is 2.15 bits per heavy atom. The molecule has 1 amide bonds. The van der Waals surface area contributed by atoms with Gasteiger partial charge in [0.2, 0.25) is 0 Å². The van der Waals surface area contributed by atoms with Gasteiger partial charge in [-0.15, -0.1) is 11.3 Å². The minimum Gasteiger partial charge on any atom is -0.387 e. The van der Waals surface area contributed by atoms with Crippen molar-refractivity contribution >= 4 is 33.0 Å². The monoisotopic (exact) mass is 412 g/mol. The van der Waals surface area contributed by atoms with Gasteiger partial charge in [0.05, 0.1) is 6.54 Å². The Labute approximate surface area is 163 Å². The van der Waals surface area contributed by atoms with Crippen LogP contribution in [0.5, 0.6) is 0 Å². The van der Waals surface area contributed by atoms with Crippen molar-refractivity contribution in [2.75, 3.05) is 39.3 Å². The van der Waals surface area contributed by atoms with Gasteiger partial charge < -0.3 is 15.1 Å². The Balaban J connectivity index is 1.30. The second-order valence-corrected chi connectivity index (χ2v) is 10.4. The number of nitrogens with zero attached hydrogens (tertiary/aromatic N) is 3. The number of thiophene rings is 1. The third-order valence-corrected chi connectivity index (χ3v) is 8.60. The summed E-state index contributed by atoms with van der Waals surface area (Å²) < 4.78 is 27.1. The standard InChI is InChI=1S/C17H24N4O4S2/c22-16(18-6-10-20-7-1-2-8-20)14-12-17(25-19-14)5-9-21(13-17)27(23,24)15-4-3-11-26-15/h3-4,11H,1-2,5-10,12-13H2,(H,18,22). The summed E-state index contributed by atoms with van der Waals surface area (Å²) in [7, 11) is -3.51. The van der Waals surface area contributed by atoms with E-state index in [1.54, 1.807) is 17.5 Å². The fourth-order valence-electron chi connectivity index (χ4n) is 3.85. The van der Waals surface area contributed by atoms with Crippen molar-refractivity contribution in [1.29, 1.82) is 0 Å². The number of rotatable bonds is 6. The molecule has 3 aliphatic rings. The third-order valence-electron chi connectivity index (χ3n) is 5.38. The minimum absolute atomic E-state index is 0.217. The maximum Gasteiger partial charge on any atom is 0.269 e. The van der Waals surface area contributed by atoms with Crippen molar-refractivity contribution in [2.45, 2.75) is 35.5 Å². The van der Waals surface area contributed by atoms with Gasteiger partial charge in [0, 0.05) is 32.5 Å². The molecule has 0 radical (unpaired) electrons. The van der Waals surface area contributed by atoms with Gasteiger partial charge in [-0.1, -0.05) is 11.2 Å². The average molecular weight is 413 g/mol. The summed E-state index contributed by atoms with van der Waals surface area (Å²) in [6, 6.07) is 3.33. The lowest BCUT2D eigenvalue weighted by molar-refractivity contribution is -0.114. The van der Waals surface area contributed by atoms with Crippen LogP contribution < -0.4 is 5.32 Å². The highest BCUT2D eigenvalue weighted by Crippen LogP contribution is 2.37. The lowest BCUT2D eigenvalue weighted by Gasteiger charge is -2.21. The van der Waals surface area contributed by atoms with Gasteiger partial charge in [0.1, 0.15) is 9.92 Å². The van der Waals surface area contributed by atoms with Gasteiger partial charge in [-0.25, -0.2) is 8.42 Å². The van der Waals surface area contributed by atoms with E-state index in [0.29, 0.717) is 35.9 Å². The molecule has 3 aliphatic heterocycles. The molecule has 8 nitrogen and oxygen atoms in total. The highest BCUT2D eigenvalue weighted by molar-refractivity contribution is 7.91. The van der Waals surface area contributed by atoms with Gasteiger partial charge >= 0.3 is 0 Å². The smallest absolute Gasteiger partial charge is 0.269 e. The first-order valence-electron chi connectivity index (χ1n) is 9.28. The molecular formula is C17H24N4O4S2. The highest BCUT2D eigenvalue weighted by Gasteiger charge is 2.49. The number of likely N-dealkylation sites (tertiary alicyclic amines) is 1. The molecule has 1 atom stereocenters. The van der Waals surface area contributed by atoms with E-state index in [1.165, 1.54) is 28.5 Å². The zero-order chi connectivity index (χ0) is 18.9. The van der Waals surface area contributed by atoms with Gasteiger partial charge in [-0.05, 0) is 37.4 Å². The fraction of sp³-hybridized carbons (Fsp3) is 0.647. The Bertz CT molecular complexity index is 818. The maximum atomic E-state index is 12.7. The summed E-state index contributed by atoms with van der Waals surface area (Å²) in [6.07, 6.45) is 3.33. The average Bonchev–Trinajstić information content (AvgIpc) is 3.45. The summed E-state index contributed by atoms with van der Waals surface area (Å²) in [5.41, 5.74) is -0.363. The number of hydrogen-bond acceptors (Lipinski definition) is 7. The molecule has 4 heterocycles. The van der Waals surface area contributed by atoms with Crippen molar-refractivity contribution in [2.24, 2.45) is 5.16 Å². The molecule has 0 aromatic carbocycles. The number of carbonyl (C=O) groups is 1. The maximum absolute atomic E-state index is 12.7. The second kappa shape index (κ2) is 7.50. The lowest BCUT2D eigenvalue weighted by atomic mass is 9.96. The summed E-state index contributed by atoms with van der Waals surface area (Å²) >= 11 is 1.21. The molecule has 148 valence electrons. The Hall–Kier alpha value is -1.49. The van der Waals surface area contributed by atoms with E-state index in [-0.39, 0.29) is 12.5 Å². The minimum atomic E-state index is -3.51. The zero-order valence-corrected chi connectivity index (χ0v) is 16.7. The second-order valence-electron chi connectivity index (χ2n) is 7.31. The molecule has 27 heavy (non-hydrogen) atoms. The topological polar surface area (TPSA) is 91.3 Å². The molecule has 0 saturated carbocycles. The van der Waals surface area contributed by atoms with Crippen molar-refractivity contribution in [1.82, 2.24) is 14.5 Å². The van der Waals surface area contributed by atoms with Gasteiger partial charge in [0.15, 0.2) is 5.60 Å². The van der Waals surface area contributed by atoms with Crippen molar-refractivity contribution in [3.8, 4) is 0 Å². The van der Waals surface area contributed by atoms with Crippen LogP contribution in [-0.4, -0.2) is 74.1 Å². The molecule has 2 fully saturated rings. The lowest BCUT2D eigenvalue weighted by Crippen LogP contribution is -2.40. The molecular weight excluding hydrogens is 388 g/mol. The van der Waals surface area contributed by atoms with Crippen LogP contribution in [0.1, 0.15) is 25.7 Å². The Morgan fingerprint density at radius 1 is 1.33 bits per heavy atom. The number of hydrogen-bond donors (Lipinski definition) is 1. The molecule has 1 spiro atoms. The van der Waals surface area contributed by atoms with Crippen LogP contribution in [0.3, 0.4) is 0 Å². The molecule has 1 aromatic rings. The van der Waals surface area contributed by atoms with Crippen LogP contribution >= 0.6 is 11.3 Å². The summed E-state index contributed by atoms with van der Waals surface area (Å²) in [5, 5.41) is 8.62. The van der Waals surface area contributed by atoms with E-state index in [2.05, 4.69) is 15.4 Å². The highest BCUT2D eigenvalue weighted by atomic mass is 32.2. The molecule has 10 heteroatoms. The third kappa shape index (κ3) is 3.89. The number of sulfonamides is 1. The molecule has 0 bridgehead atoms. The van der Waals surface area contributed by atoms with E-state index in [9.17, 15) is 13.2 Å². The molecule has 1 N–H and O–H groups in total. The quantitative estimate of drug-likeness (QED) is 0.749. The number of carbonyl (C=O) groups excluding carboxylic acids is 1. The SMILES string of the molecule is O=C(NCCN1CCCC1)C1=NOC2(CCN(S(=O)(=O)c3cccs3)C2)C1. The van der Waals surface area contributed by atoms with Gasteiger partial charge in [-0.3, -0.25) is 4.79 Å². The number of nitrogens with one attached hydrogen (secondary N) is 1. The van der Waals surface area contributed by atoms with Crippen molar-refractivity contribution in [3.05, 3.63) is 17.5 Å². The fourth-order valence-corrected chi connectivity index (χ4v) is 6.51. The predicted octanol–water partition coefficient (Wildman–Crippen LogP) is 0.870. The molecule has 4 rings (SSSR count). The van der Waals surface area contributed by atoms with Crippen LogP contribution in [0, 0.1) is 0 Å². The zero-order valence-electron chi connectivity index (χ0n) is 15.1. The van der Waals surface area contributed by atoms with E-state index in [0.717, 1.165) is 19.6 Å². The normalized spacial score (nSPS) is 26.4. The van der Waals surface area contributed by atoms with Crippen LogP contribution in [-0.2, 0) is 19.7 Å². The summed E-state index contributed by atoms with van der Waals surface area (Å²) in [5.74, 6) is -0.217. The Kier molecular flexibility index (Phi) is 5.23. The molecule has 1 unspecified atom stereocenters. The summed E-state index contributed by atoms with van der Waals surface area (Å²) in [6.45, 7) is 4.22. The summed E-state index contributed by atoms with van der Waals surface area (Å²) in [4.78, 5) is 20.3. The van der Waals surface area contributed by atoms with Crippen molar-refractivity contribution < 1.29 is 18.0 Å². The van der Waals surface area contributed by atoms with E-state index < -0.39 is 15.6 Å². The molecule has 0 aliphatic carbocycles. The van der Waals surface area contributed by atoms with E-state index in [4.69, 9.17) is 4.84 Å². The Morgan fingerprint density at radius 3 is 2.89 bits per heavy atom. The van der Waals surface area contributed by atoms with Crippen LogP contribution in [0.25, 0.3) is 0 Å². The predicted molar refractivity (Wildman–Crippen MR) is 102 cm³/mol. The van der Waals surface area contributed by atoms with Crippen LogP contribution in [0.4, 0.5) is 0 Å². The molecule has 2 saturated heterocycles. The van der Waals surface area contributed by atoms with Gasteiger partial charge in [0.25, 0.3) is 15.9 Å². The first kappa shape index (κ1) is 18.9. The first-order chi connectivity index (χ1) is 13.0. The van der Waals surface area contributed by atoms with E-state index in [1.807, 2.05) is 0 Å².